The first-order chi connectivity index (χ1) is 8.80. The predicted molar refractivity (Wildman–Crippen MR) is 67.2 cm³/mol. The number of nitrogens with two attached hydrogens (primary N) is 1. The number of ether oxygens (including phenoxy) is 1. The summed E-state index contributed by atoms with van der Waals surface area (Å²) in [6.07, 6.45) is 3.73. The van der Waals surface area contributed by atoms with Crippen molar-refractivity contribution < 1.29 is 4.74 Å². The third kappa shape index (κ3) is 5.05. The van der Waals surface area contributed by atoms with Crippen molar-refractivity contribution in [1.82, 2.24) is 14.9 Å². The molecule has 0 amide bonds. The third-order valence-electron chi connectivity index (χ3n) is 2.39. The molecule has 0 aliphatic heterocycles. The van der Waals surface area contributed by atoms with E-state index in [0.29, 0.717) is 31.9 Å². The fourth-order valence-corrected chi connectivity index (χ4v) is 1.44. The normalized spacial score (nSPS) is 10.3. The first kappa shape index (κ1) is 14.3. The van der Waals surface area contributed by atoms with Crippen molar-refractivity contribution in [2.24, 2.45) is 5.84 Å². The van der Waals surface area contributed by atoms with E-state index in [1.165, 1.54) is 0 Å². The topological polar surface area (TPSA) is 100 Å². The van der Waals surface area contributed by atoms with Crippen LogP contribution in [0.5, 0.6) is 0 Å². The minimum atomic E-state index is 0.486. The van der Waals surface area contributed by atoms with E-state index in [-0.39, 0.29) is 0 Å². The molecule has 0 aliphatic carbocycles. The first-order valence-corrected chi connectivity index (χ1v) is 5.66. The van der Waals surface area contributed by atoms with Gasteiger partial charge in [-0.3, -0.25) is 9.88 Å². The minimum absolute atomic E-state index is 0.486. The van der Waals surface area contributed by atoms with Gasteiger partial charge >= 0.3 is 0 Å². The Morgan fingerprint density at radius 1 is 1.44 bits per heavy atom. The molecule has 1 heterocycles. The molecule has 18 heavy (non-hydrogen) atoms. The van der Waals surface area contributed by atoms with Gasteiger partial charge in [-0.05, 0) is 0 Å². The molecule has 7 heteroatoms. The van der Waals surface area contributed by atoms with Gasteiger partial charge in [0.2, 0.25) is 0 Å². The van der Waals surface area contributed by atoms with E-state index in [1.54, 1.807) is 19.5 Å². The summed E-state index contributed by atoms with van der Waals surface area (Å²) < 4.78 is 5.04. The van der Waals surface area contributed by atoms with E-state index in [2.05, 4.69) is 26.4 Å². The largest absolute Gasteiger partial charge is 0.383 e. The molecule has 7 nitrogen and oxygen atoms in total. The van der Waals surface area contributed by atoms with Crippen molar-refractivity contribution in [3.8, 4) is 6.07 Å². The quantitative estimate of drug-likeness (QED) is 0.499. The van der Waals surface area contributed by atoms with Gasteiger partial charge in [-0.15, -0.1) is 0 Å². The monoisotopic (exact) mass is 250 g/mol. The Morgan fingerprint density at radius 2 is 2.28 bits per heavy atom. The van der Waals surface area contributed by atoms with Crippen LogP contribution in [0.3, 0.4) is 0 Å². The lowest BCUT2D eigenvalue weighted by Gasteiger charge is -2.19. The van der Waals surface area contributed by atoms with Crippen LogP contribution < -0.4 is 11.3 Å². The zero-order valence-corrected chi connectivity index (χ0v) is 10.5. The Kier molecular flexibility index (Phi) is 6.64. The lowest BCUT2D eigenvalue weighted by Crippen LogP contribution is -2.28. The zero-order chi connectivity index (χ0) is 13.2. The number of nitrogen functional groups attached to an aromatic ring is 1. The van der Waals surface area contributed by atoms with E-state index in [1.807, 2.05) is 0 Å². The molecule has 3 N–H and O–H groups in total. The Hall–Kier alpha value is -1.75. The van der Waals surface area contributed by atoms with Crippen LogP contribution >= 0.6 is 0 Å². The fourth-order valence-electron chi connectivity index (χ4n) is 1.44. The molecule has 1 aromatic heterocycles. The summed E-state index contributed by atoms with van der Waals surface area (Å²) in [5, 5.41) is 8.62. The van der Waals surface area contributed by atoms with Crippen LogP contribution in [0.1, 0.15) is 12.1 Å². The van der Waals surface area contributed by atoms with Crippen molar-refractivity contribution in [2.45, 2.75) is 13.0 Å². The number of anilines is 1. The second kappa shape index (κ2) is 8.36. The third-order valence-corrected chi connectivity index (χ3v) is 2.39. The molecule has 0 unspecified atom stereocenters. The predicted octanol–water partition coefficient (Wildman–Crippen LogP) is 0.124. The maximum absolute atomic E-state index is 8.62. The maximum Gasteiger partial charge on any atom is 0.158 e. The number of nitriles is 1. The Labute approximate surface area is 107 Å². The average molecular weight is 250 g/mol. The van der Waals surface area contributed by atoms with Gasteiger partial charge in [-0.1, -0.05) is 0 Å². The summed E-state index contributed by atoms with van der Waals surface area (Å²) in [5.74, 6) is 5.74. The van der Waals surface area contributed by atoms with Gasteiger partial charge in [-0.25, -0.2) is 10.8 Å². The van der Waals surface area contributed by atoms with Crippen LogP contribution in [-0.2, 0) is 11.3 Å². The van der Waals surface area contributed by atoms with E-state index in [9.17, 15) is 0 Å². The lowest BCUT2D eigenvalue weighted by atomic mass is 10.3. The molecule has 0 aliphatic rings. The minimum Gasteiger partial charge on any atom is -0.383 e. The number of nitrogens with zero attached hydrogens (tertiary/aromatic N) is 4. The van der Waals surface area contributed by atoms with E-state index in [0.717, 1.165) is 12.2 Å². The van der Waals surface area contributed by atoms with Crippen molar-refractivity contribution in [3.05, 3.63) is 18.1 Å². The number of hydrazine groups is 1. The Bertz CT molecular complexity index is 374. The molecular formula is C11H18N6O. The number of nitrogens with one attached hydrogen (secondary N) is 1. The average Bonchev–Trinajstić information content (AvgIpc) is 2.42. The Balaban J connectivity index is 2.54. The highest BCUT2D eigenvalue weighted by Crippen LogP contribution is 2.04. The van der Waals surface area contributed by atoms with Gasteiger partial charge < -0.3 is 10.2 Å². The SMILES string of the molecule is COCCN(CCC#N)Cc1cnc(NN)cn1. The van der Waals surface area contributed by atoms with Crippen LogP contribution in [0.4, 0.5) is 5.82 Å². The highest BCUT2D eigenvalue weighted by molar-refractivity contribution is 5.28. The molecule has 0 aromatic carbocycles. The van der Waals surface area contributed by atoms with E-state index < -0.39 is 0 Å². The number of aromatic nitrogens is 2. The summed E-state index contributed by atoms with van der Waals surface area (Å²) in [5.41, 5.74) is 3.26. The molecule has 0 spiro atoms. The van der Waals surface area contributed by atoms with E-state index >= 15 is 0 Å². The number of methoxy groups -OCH3 is 1. The summed E-state index contributed by atoms with van der Waals surface area (Å²) in [6.45, 7) is 2.72. The smallest absolute Gasteiger partial charge is 0.158 e. The van der Waals surface area contributed by atoms with Gasteiger partial charge in [0, 0.05) is 33.2 Å². The van der Waals surface area contributed by atoms with Gasteiger partial charge in [0.25, 0.3) is 0 Å². The molecule has 0 radical (unpaired) electrons. The van der Waals surface area contributed by atoms with Crippen molar-refractivity contribution in [3.63, 3.8) is 0 Å². The zero-order valence-electron chi connectivity index (χ0n) is 10.5. The van der Waals surface area contributed by atoms with Crippen molar-refractivity contribution >= 4 is 5.82 Å². The van der Waals surface area contributed by atoms with Crippen LogP contribution in [0.2, 0.25) is 0 Å². The highest BCUT2D eigenvalue weighted by Gasteiger charge is 2.07. The van der Waals surface area contributed by atoms with Crippen LogP contribution in [0.15, 0.2) is 12.4 Å². The summed E-state index contributed by atoms with van der Waals surface area (Å²) in [6, 6.07) is 2.13. The second-order valence-electron chi connectivity index (χ2n) is 3.71. The molecule has 98 valence electrons. The van der Waals surface area contributed by atoms with Crippen LogP contribution in [-0.4, -0.2) is 41.7 Å². The number of hydrogen-bond donors (Lipinski definition) is 2. The van der Waals surface area contributed by atoms with Gasteiger partial charge in [-0.2, -0.15) is 5.26 Å². The number of rotatable bonds is 8. The molecular weight excluding hydrogens is 232 g/mol. The Morgan fingerprint density at radius 3 is 2.83 bits per heavy atom. The molecule has 0 atom stereocenters. The summed E-state index contributed by atoms with van der Waals surface area (Å²) in [4.78, 5) is 10.4. The second-order valence-corrected chi connectivity index (χ2v) is 3.71. The van der Waals surface area contributed by atoms with Crippen LogP contribution in [0.25, 0.3) is 0 Å². The van der Waals surface area contributed by atoms with Gasteiger partial charge in [0.05, 0.1) is 30.8 Å². The van der Waals surface area contributed by atoms with Crippen molar-refractivity contribution in [1.29, 1.82) is 5.26 Å². The first-order valence-electron chi connectivity index (χ1n) is 5.66. The highest BCUT2D eigenvalue weighted by atomic mass is 16.5. The molecule has 1 aromatic rings. The molecule has 0 saturated heterocycles. The van der Waals surface area contributed by atoms with Crippen molar-refractivity contribution in [2.75, 3.05) is 32.2 Å². The molecule has 0 fully saturated rings. The summed E-state index contributed by atoms with van der Waals surface area (Å²) in [7, 11) is 1.66. The molecule has 0 bridgehead atoms. The number of hydrogen-bond acceptors (Lipinski definition) is 7. The molecule has 1 rings (SSSR count). The van der Waals surface area contributed by atoms with Crippen LogP contribution in [0, 0.1) is 11.3 Å². The fraction of sp³-hybridized carbons (Fsp3) is 0.545. The van der Waals surface area contributed by atoms with Gasteiger partial charge in [0.15, 0.2) is 5.82 Å². The van der Waals surface area contributed by atoms with Gasteiger partial charge in [0.1, 0.15) is 0 Å². The molecule has 0 saturated carbocycles. The lowest BCUT2D eigenvalue weighted by molar-refractivity contribution is 0.144. The summed E-state index contributed by atoms with van der Waals surface area (Å²) >= 11 is 0. The van der Waals surface area contributed by atoms with E-state index in [4.69, 9.17) is 15.8 Å². The standard InChI is InChI=1S/C11H18N6O/c1-18-6-5-17(4-2-3-12)9-10-7-15-11(16-13)8-14-10/h7-8H,2,4-6,9,13H2,1H3,(H,15,16). The maximum atomic E-state index is 8.62.